The van der Waals surface area contributed by atoms with E-state index in [1.54, 1.807) is 0 Å². The van der Waals surface area contributed by atoms with Gasteiger partial charge in [-0.2, -0.15) is 0 Å². The van der Waals surface area contributed by atoms with E-state index in [4.69, 9.17) is 23.2 Å². The van der Waals surface area contributed by atoms with Crippen LogP contribution < -0.4 is 0 Å². The highest BCUT2D eigenvalue weighted by atomic mass is 35.5. The molecule has 0 aliphatic carbocycles. The van der Waals surface area contributed by atoms with E-state index in [1.807, 2.05) is 0 Å². The first kappa shape index (κ1) is 12.1. The number of hydrogen-bond acceptors (Lipinski definition) is 3. The number of alkyl halides is 3. The van der Waals surface area contributed by atoms with E-state index in [2.05, 4.69) is 4.98 Å². The molecule has 0 fully saturated rings. The quantitative estimate of drug-likeness (QED) is 0.361. The number of aromatic nitrogens is 1. The van der Waals surface area contributed by atoms with Gasteiger partial charge in [0.05, 0.1) is 5.56 Å². The van der Waals surface area contributed by atoms with Gasteiger partial charge in [-0.1, -0.05) is 0 Å². The first-order chi connectivity index (χ1) is 6.97. The van der Waals surface area contributed by atoms with E-state index in [1.165, 1.54) is 0 Å². The van der Waals surface area contributed by atoms with Crippen LogP contribution in [0.5, 0.6) is 0 Å². The van der Waals surface area contributed by atoms with Gasteiger partial charge in [-0.3, -0.25) is 0 Å². The number of nitrogens with zero attached hydrogens (tertiary/aromatic N) is 2. The monoisotopic (exact) mass is 256 g/mol. The maximum Gasteiger partial charge on any atom is 0.365 e. The molecule has 0 atom stereocenters. The molecule has 0 radical (unpaired) electrons. The molecule has 82 valence electrons. The Bertz CT molecular complexity index is 401. The minimum absolute atomic E-state index is 0.0848. The Morgan fingerprint density at radius 1 is 1.60 bits per heavy atom. The van der Waals surface area contributed by atoms with Crippen LogP contribution >= 0.6 is 23.2 Å². The van der Waals surface area contributed by atoms with Crippen molar-refractivity contribution in [1.29, 1.82) is 0 Å². The molecule has 0 aromatic carbocycles. The van der Waals surface area contributed by atoms with Gasteiger partial charge >= 0.3 is 5.82 Å². The first-order valence-corrected chi connectivity index (χ1v) is 4.56. The Hall–Kier alpha value is -1.01. The van der Waals surface area contributed by atoms with Crippen LogP contribution in [-0.4, -0.2) is 9.91 Å². The number of halogens is 4. The van der Waals surface area contributed by atoms with Crippen LogP contribution in [0.15, 0.2) is 6.07 Å². The Morgan fingerprint density at radius 3 is 2.60 bits per heavy atom. The molecule has 8 heteroatoms. The van der Waals surface area contributed by atoms with Gasteiger partial charge in [0.25, 0.3) is 11.6 Å². The Morgan fingerprint density at radius 2 is 2.20 bits per heavy atom. The fraction of sp³-hybridized carbons (Fsp3) is 0.286. The zero-order valence-electron chi connectivity index (χ0n) is 7.08. The highest BCUT2D eigenvalue weighted by molar-refractivity contribution is 6.30. The zero-order chi connectivity index (χ0) is 11.6. The van der Waals surface area contributed by atoms with Crippen molar-refractivity contribution in [2.75, 3.05) is 0 Å². The lowest BCUT2D eigenvalue weighted by molar-refractivity contribution is -0.389. The van der Waals surface area contributed by atoms with Gasteiger partial charge in [-0.15, -0.1) is 11.6 Å². The molecule has 0 saturated heterocycles. The zero-order valence-corrected chi connectivity index (χ0v) is 8.60. The normalized spacial score (nSPS) is 10.7. The van der Waals surface area contributed by atoms with Crippen molar-refractivity contribution in [2.24, 2.45) is 0 Å². The number of nitro groups is 1. The van der Waals surface area contributed by atoms with Gasteiger partial charge in [0.1, 0.15) is 0 Å². The van der Waals surface area contributed by atoms with E-state index >= 15 is 0 Å². The van der Waals surface area contributed by atoms with Gasteiger partial charge in [-0.05, 0) is 27.1 Å². The molecule has 0 saturated carbocycles. The molecule has 0 aliphatic rings. The second-order valence-electron chi connectivity index (χ2n) is 2.54. The molecule has 1 heterocycles. The van der Waals surface area contributed by atoms with Gasteiger partial charge in [0.2, 0.25) is 0 Å². The summed E-state index contributed by atoms with van der Waals surface area (Å²) in [5.41, 5.74) is -0.643. The molecular weight excluding hydrogens is 253 g/mol. The van der Waals surface area contributed by atoms with Crippen LogP contribution in [0.25, 0.3) is 0 Å². The van der Waals surface area contributed by atoms with Crippen LogP contribution in [0.3, 0.4) is 0 Å². The molecule has 0 N–H and O–H groups in total. The summed E-state index contributed by atoms with van der Waals surface area (Å²) in [7, 11) is 0. The minimum atomic E-state index is -2.86. The predicted molar refractivity (Wildman–Crippen MR) is 50.4 cm³/mol. The van der Waals surface area contributed by atoms with Crippen LogP contribution in [0.1, 0.15) is 17.6 Å². The second kappa shape index (κ2) is 4.67. The molecule has 1 rings (SSSR count). The summed E-state index contributed by atoms with van der Waals surface area (Å²) in [6, 6.07) is 0.889. The van der Waals surface area contributed by atoms with E-state index in [-0.39, 0.29) is 11.4 Å². The van der Waals surface area contributed by atoms with Crippen molar-refractivity contribution in [3.63, 3.8) is 0 Å². The second-order valence-corrected chi connectivity index (χ2v) is 3.16. The van der Waals surface area contributed by atoms with E-state index in [0.717, 1.165) is 6.07 Å². The van der Waals surface area contributed by atoms with Crippen LogP contribution in [0.2, 0.25) is 5.15 Å². The summed E-state index contributed by atoms with van der Waals surface area (Å²) in [6.45, 7) is 0. The fourth-order valence-electron chi connectivity index (χ4n) is 0.993. The van der Waals surface area contributed by atoms with Gasteiger partial charge in [0.15, 0.2) is 0 Å². The summed E-state index contributed by atoms with van der Waals surface area (Å²) >= 11 is 10.8. The fourth-order valence-corrected chi connectivity index (χ4v) is 1.50. The Balaban J connectivity index is 3.37. The van der Waals surface area contributed by atoms with Crippen LogP contribution in [-0.2, 0) is 5.88 Å². The van der Waals surface area contributed by atoms with Crippen molar-refractivity contribution in [2.45, 2.75) is 12.3 Å². The summed E-state index contributed by atoms with van der Waals surface area (Å²) in [6.07, 6.45) is -2.86. The molecule has 4 nitrogen and oxygen atoms in total. The lowest BCUT2D eigenvalue weighted by Crippen LogP contribution is -2.00. The smallest absolute Gasteiger partial charge is 0.358 e. The van der Waals surface area contributed by atoms with E-state index < -0.39 is 27.9 Å². The standard InChI is InChI=1S/C7H4Cl2F2N2O2/c8-2-3-1-4(13(14)15)12-6(9)5(3)7(10)11/h1,7H,2H2. The maximum absolute atomic E-state index is 12.5. The van der Waals surface area contributed by atoms with Crippen molar-refractivity contribution in [3.8, 4) is 0 Å². The lowest BCUT2D eigenvalue weighted by atomic mass is 10.1. The lowest BCUT2D eigenvalue weighted by Gasteiger charge is -2.05. The van der Waals surface area contributed by atoms with Gasteiger partial charge < -0.3 is 10.1 Å². The number of hydrogen-bond donors (Lipinski definition) is 0. The number of pyridine rings is 1. The van der Waals surface area contributed by atoms with Gasteiger partial charge in [-0.25, -0.2) is 8.78 Å². The van der Waals surface area contributed by atoms with Crippen LogP contribution in [0.4, 0.5) is 14.6 Å². The molecule has 1 aromatic heterocycles. The summed E-state index contributed by atoms with van der Waals surface area (Å²) in [4.78, 5) is 12.8. The van der Waals surface area contributed by atoms with Crippen molar-refractivity contribution < 1.29 is 13.7 Å². The summed E-state index contributed by atoms with van der Waals surface area (Å²) in [5, 5.41) is 9.77. The minimum Gasteiger partial charge on any atom is -0.358 e. The molecule has 0 aliphatic heterocycles. The van der Waals surface area contributed by atoms with E-state index in [9.17, 15) is 18.9 Å². The Kier molecular flexibility index (Phi) is 3.76. The molecular formula is C7H4Cl2F2N2O2. The molecule has 0 bridgehead atoms. The highest BCUT2D eigenvalue weighted by Gasteiger charge is 2.24. The molecule has 0 amide bonds. The SMILES string of the molecule is O=[N+]([O-])c1cc(CCl)c(C(F)F)c(Cl)n1. The van der Waals surface area contributed by atoms with E-state index in [0.29, 0.717) is 0 Å². The first-order valence-electron chi connectivity index (χ1n) is 3.65. The van der Waals surface area contributed by atoms with Crippen molar-refractivity contribution in [1.82, 2.24) is 4.98 Å². The topological polar surface area (TPSA) is 56.0 Å². The van der Waals surface area contributed by atoms with Gasteiger partial charge in [0, 0.05) is 11.9 Å². The largest absolute Gasteiger partial charge is 0.365 e. The highest BCUT2D eigenvalue weighted by Crippen LogP contribution is 2.32. The third kappa shape index (κ3) is 2.51. The van der Waals surface area contributed by atoms with Crippen LogP contribution in [0, 0.1) is 10.1 Å². The third-order valence-electron chi connectivity index (χ3n) is 1.63. The maximum atomic E-state index is 12.5. The predicted octanol–water partition coefficient (Wildman–Crippen LogP) is 3.32. The number of rotatable bonds is 3. The average molecular weight is 257 g/mol. The Labute approximate surface area is 93.0 Å². The molecule has 0 spiro atoms. The van der Waals surface area contributed by atoms with Crippen molar-refractivity contribution in [3.05, 3.63) is 32.5 Å². The van der Waals surface area contributed by atoms with Crippen molar-refractivity contribution >= 4 is 29.0 Å². The average Bonchev–Trinajstić information content (AvgIpc) is 2.15. The molecule has 15 heavy (non-hydrogen) atoms. The molecule has 1 aromatic rings. The summed E-state index contributed by atoms with van der Waals surface area (Å²) < 4.78 is 24.9. The third-order valence-corrected chi connectivity index (χ3v) is 2.21. The molecule has 0 unspecified atom stereocenters. The summed E-state index contributed by atoms with van der Waals surface area (Å²) in [5.74, 6) is -0.886.